The van der Waals surface area contributed by atoms with Crippen molar-refractivity contribution in [1.82, 2.24) is 15.1 Å². The molecule has 1 aliphatic heterocycles. The molecule has 2 heterocycles. The maximum Gasteiger partial charge on any atom is 0.308 e. The van der Waals surface area contributed by atoms with Crippen LogP contribution in [-0.4, -0.2) is 45.2 Å². The van der Waals surface area contributed by atoms with E-state index in [1.54, 1.807) is 11.0 Å². The van der Waals surface area contributed by atoms with Crippen molar-refractivity contribution in [2.24, 2.45) is 5.92 Å². The molecule has 1 aromatic heterocycles. The smallest absolute Gasteiger partial charge is 0.308 e. The Kier molecular flexibility index (Phi) is 4.38. The van der Waals surface area contributed by atoms with Gasteiger partial charge < -0.3 is 10.0 Å². The van der Waals surface area contributed by atoms with Crippen LogP contribution in [0.15, 0.2) is 24.3 Å². The second-order valence-corrected chi connectivity index (χ2v) is 6.41. The van der Waals surface area contributed by atoms with E-state index < -0.39 is 11.9 Å². The molecule has 0 saturated carbocycles. The molecule has 0 spiro atoms. The Morgan fingerprint density at radius 2 is 2.08 bits per heavy atom. The van der Waals surface area contributed by atoms with Crippen LogP contribution < -0.4 is 0 Å². The van der Waals surface area contributed by atoms with Gasteiger partial charge in [-0.1, -0.05) is 23.8 Å². The lowest BCUT2D eigenvalue weighted by atomic mass is 9.98. The average molecular weight is 327 g/mol. The van der Waals surface area contributed by atoms with Crippen LogP contribution in [0, 0.1) is 19.8 Å². The van der Waals surface area contributed by atoms with Gasteiger partial charge >= 0.3 is 5.97 Å². The summed E-state index contributed by atoms with van der Waals surface area (Å²) in [6.45, 7) is 4.89. The first-order valence-electron chi connectivity index (χ1n) is 8.11. The molecular weight excluding hydrogens is 306 g/mol. The van der Waals surface area contributed by atoms with Crippen LogP contribution in [0.2, 0.25) is 0 Å². The number of H-pyrrole nitrogens is 1. The Morgan fingerprint density at radius 3 is 2.79 bits per heavy atom. The van der Waals surface area contributed by atoms with Gasteiger partial charge in [-0.05, 0) is 38.3 Å². The number of carboxylic acid groups (broad SMARTS) is 1. The molecule has 2 N–H and O–H groups in total. The topological polar surface area (TPSA) is 86.3 Å². The van der Waals surface area contributed by atoms with E-state index in [1.807, 2.05) is 26.0 Å². The highest BCUT2D eigenvalue weighted by Crippen LogP contribution is 2.24. The van der Waals surface area contributed by atoms with Crippen molar-refractivity contribution in [3.05, 3.63) is 41.1 Å². The number of benzene rings is 1. The van der Waals surface area contributed by atoms with E-state index in [-0.39, 0.29) is 12.5 Å². The first kappa shape index (κ1) is 16.2. The van der Waals surface area contributed by atoms with Crippen LogP contribution in [-0.2, 0) is 4.79 Å². The lowest BCUT2D eigenvalue weighted by molar-refractivity contribution is -0.143. The zero-order valence-electron chi connectivity index (χ0n) is 13.9. The molecule has 1 aromatic carbocycles. The molecule has 0 bridgehead atoms. The van der Waals surface area contributed by atoms with Gasteiger partial charge in [-0.25, -0.2) is 0 Å². The summed E-state index contributed by atoms with van der Waals surface area (Å²) >= 11 is 0. The Labute approximate surface area is 140 Å². The van der Waals surface area contributed by atoms with Gasteiger partial charge in [-0.15, -0.1) is 0 Å². The number of aliphatic carboxylic acids is 1. The van der Waals surface area contributed by atoms with E-state index in [4.69, 9.17) is 5.11 Å². The van der Waals surface area contributed by atoms with E-state index in [0.717, 1.165) is 16.8 Å². The second kappa shape index (κ2) is 6.47. The Bertz CT molecular complexity index is 782. The van der Waals surface area contributed by atoms with Crippen LogP contribution in [0.3, 0.4) is 0 Å². The van der Waals surface area contributed by atoms with Crippen molar-refractivity contribution in [3.8, 4) is 11.3 Å². The number of carbonyl (C=O) groups is 2. The van der Waals surface area contributed by atoms with Gasteiger partial charge in [-0.2, -0.15) is 5.10 Å². The molecule has 126 valence electrons. The normalized spacial score (nSPS) is 17.8. The highest BCUT2D eigenvalue weighted by Gasteiger charge is 2.29. The monoisotopic (exact) mass is 327 g/mol. The number of nitrogens with zero attached hydrogens (tertiary/aromatic N) is 2. The van der Waals surface area contributed by atoms with Crippen molar-refractivity contribution < 1.29 is 14.7 Å². The number of aromatic amines is 1. The first-order chi connectivity index (χ1) is 11.5. The molecule has 1 unspecified atom stereocenters. The zero-order chi connectivity index (χ0) is 17.3. The fraction of sp³-hybridized carbons (Fsp3) is 0.389. The van der Waals surface area contributed by atoms with Crippen LogP contribution in [0.1, 0.15) is 34.5 Å². The van der Waals surface area contributed by atoms with Gasteiger partial charge in [0.05, 0.1) is 11.6 Å². The minimum atomic E-state index is -0.840. The lowest BCUT2D eigenvalue weighted by Gasteiger charge is -2.30. The van der Waals surface area contributed by atoms with Crippen LogP contribution >= 0.6 is 0 Å². The molecule has 0 aliphatic carbocycles. The summed E-state index contributed by atoms with van der Waals surface area (Å²) < 4.78 is 0. The number of carboxylic acids is 1. The molecule has 2 aromatic rings. The van der Waals surface area contributed by atoms with Crippen LogP contribution in [0.25, 0.3) is 11.3 Å². The molecule has 1 amide bonds. The summed E-state index contributed by atoms with van der Waals surface area (Å²) in [4.78, 5) is 25.4. The molecule has 6 heteroatoms. The van der Waals surface area contributed by atoms with Crippen molar-refractivity contribution in [3.63, 3.8) is 0 Å². The highest BCUT2D eigenvalue weighted by atomic mass is 16.4. The van der Waals surface area contributed by atoms with Gasteiger partial charge in [0.2, 0.25) is 0 Å². The summed E-state index contributed by atoms with van der Waals surface area (Å²) in [5, 5.41) is 16.2. The lowest BCUT2D eigenvalue weighted by Crippen LogP contribution is -2.42. The number of piperidine rings is 1. The molecule has 0 radical (unpaired) electrons. The molecule has 1 fully saturated rings. The number of amides is 1. The Morgan fingerprint density at radius 1 is 1.29 bits per heavy atom. The Balaban J connectivity index is 1.80. The molecule has 6 nitrogen and oxygen atoms in total. The summed E-state index contributed by atoms with van der Waals surface area (Å²) in [5.41, 5.74) is 4.39. The summed E-state index contributed by atoms with van der Waals surface area (Å²) in [5.74, 6) is -1.51. The molecule has 1 atom stereocenters. The number of aryl methyl sites for hydroxylation is 2. The number of carbonyl (C=O) groups excluding carboxylic acids is 1. The van der Waals surface area contributed by atoms with Crippen molar-refractivity contribution in [2.45, 2.75) is 26.7 Å². The maximum atomic E-state index is 12.6. The molecular formula is C18H21N3O3. The average Bonchev–Trinajstić information content (AvgIpc) is 3.04. The molecule has 1 saturated heterocycles. The van der Waals surface area contributed by atoms with E-state index in [1.165, 1.54) is 5.56 Å². The third kappa shape index (κ3) is 3.18. The van der Waals surface area contributed by atoms with Gasteiger partial charge in [0.15, 0.2) is 0 Å². The van der Waals surface area contributed by atoms with Gasteiger partial charge in [0.25, 0.3) is 5.91 Å². The minimum Gasteiger partial charge on any atom is -0.481 e. The molecule has 3 rings (SSSR count). The van der Waals surface area contributed by atoms with Crippen molar-refractivity contribution in [1.29, 1.82) is 0 Å². The third-order valence-electron chi connectivity index (χ3n) is 4.52. The highest BCUT2D eigenvalue weighted by molar-refractivity contribution is 5.93. The Hall–Kier alpha value is -2.63. The fourth-order valence-electron chi connectivity index (χ4n) is 3.20. The number of hydrogen-bond donors (Lipinski definition) is 2. The van der Waals surface area contributed by atoms with Crippen molar-refractivity contribution >= 4 is 11.9 Å². The summed E-state index contributed by atoms with van der Waals surface area (Å²) in [6.07, 6.45) is 1.33. The number of aromatic nitrogens is 2. The second-order valence-electron chi connectivity index (χ2n) is 6.41. The largest absolute Gasteiger partial charge is 0.481 e. The SMILES string of the molecule is Cc1ccc(-c2cc(C(=O)N3CCCC(C(=O)O)C3)[nH]n2)c(C)c1. The maximum absolute atomic E-state index is 12.6. The minimum absolute atomic E-state index is 0.190. The van der Waals surface area contributed by atoms with E-state index in [9.17, 15) is 9.59 Å². The van der Waals surface area contributed by atoms with E-state index in [2.05, 4.69) is 16.3 Å². The standard InChI is InChI=1S/C18H21N3O3/c1-11-5-6-14(12(2)8-11)15-9-16(20-19-15)17(22)21-7-3-4-13(10-21)18(23)24/h5-6,8-9,13H,3-4,7,10H2,1-2H3,(H,19,20)(H,23,24). The van der Waals surface area contributed by atoms with Gasteiger partial charge in [0.1, 0.15) is 5.69 Å². The number of likely N-dealkylation sites (tertiary alicyclic amines) is 1. The van der Waals surface area contributed by atoms with E-state index in [0.29, 0.717) is 25.1 Å². The van der Waals surface area contributed by atoms with Gasteiger partial charge in [0, 0.05) is 18.7 Å². The first-order valence-corrected chi connectivity index (χ1v) is 8.11. The number of nitrogens with one attached hydrogen (secondary N) is 1. The van der Waals surface area contributed by atoms with E-state index >= 15 is 0 Å². The van der Waals surface area contributed by atoms with Crippen molar-refractivity contribution in [2.75, 3.05) is 13.1 Å². The summed E-state index contributed by atoms with van der Waals surface area (Å²) in [7, 11) is 0. The predicted molar refractivity (Wildman–Crippen MR) is 89.8 cm³/mol. The van der Waals surface area contributed by atoms with Crippen LogP contribution in [0.4, 0.5) is 0 Å². The summed E-state index contributed by atoms with van der Waals surface area (Å²) in [6, 6.07) is 7.83. The molecule has 24 heavy (non-hydrogen) atoms. The predicted octanol–water partition coefficient (Wildman–Crippen LogP) is 2.63. The number of rotatable bonds is 3. The zero-order valence-corrected chi connectivity index (χ0v) is 13.9. The van der Waals surface area contributed by atoms with Crippen LogP contribution in [0.5, 0.6) is 0 Å². The fourth-order valence-corrected chi connectivity index (χ4v) is 3.20. The quantitative estimate of drug-likeness (QED) is 0.907. The third-order valence-corrected chi connectivity index (χ3v) is 4.52. The molecule has 1 aliphatic rings. The number of hydrogen-bond acceptors (Lipinski definition) is 3. The van der Waals surface area contributed by atoms with Gasteiger partial charge in [-0.3, -0.25) is 14.7 Å².